The fourth-order valence-corrected chi connectivity index (χ4v) is 2.14. The number of aryl methyl sites for hydroxylation is 2. The van der Waals surface area contributed by atoms with Crippen molar-refractivity contribution in [3.63, 3.8) is 0 Å². The lowest BCUT2D eigenvalue weighted by Gasteiger charge is -2.09. The number of hydrogen-bond donors (Lipinski definition) is 1. The molecule has 0 bridgehead atoms. The lowest BCUT2D eigenvalue weighted by Crippen LogP contribution is -2.29. The first kappa shape index (κ1) is 16.9. The first-order valence-corrected chi connectivity index (χ1v) is 7.64. The predicted molar refractivity (Wildman–Crippen MR) is 85.8 cm³/mol. The van der Waals surface area contributed by atoms with Crippen LogP contribution in [0.1, 0.15) is 23.9 Å². The molecule has 0 atom stereocenters. The summed E-state index contributed by atoms with van der Waals surface area (Å²) in [6.45, 7) is 7.05. The van der Waals surface area contributed by atoms with E-state index < -0.39 is 0 Å². The fraction of sp³-hybridized carbons (Fsp3) is 0.412. The summed E-state index contributed by atoms with van der Waals surface area (Å²) in [5.41, 5.74) is 1.60. The molecule has 0 radical (unpaired) electrons. The van der Waals surface area contributed by atoms with Gasteiger partial charge in [-0.25, -0.2) is 0 Å². The highest BCUT2D eigenvalue weighted by atomic mass is 16.5. The quantitative estimate of drug-likeness (QED) is 0.757. The first-order chi connectivity index (χ1) is 11.1. The Kier molecular flexibility index (Phi) is 6.02. The van der Waals surface area contributed by atoms with Gasteiger partial charge in [0.05, 0.1) is 25.3 Å². The van der Waals surface area contributed by atoms with Crippen LogP contribution in [-0.4, -0.2) is 30.8 Å². The molecule has 0 aliphatic rings. The monoisotopic (exact) mass is 318 g/mol. The molecule has 0 saturated heterocycles. The van der Waals surface area contributed by atoms with Crippen LogP contribution in [0, 0.1) is 13.8 Å². The molecule has 0 unspecified atom stereocenters. The number of ether oxygens (including phenoxy) is 2. The molecule has 2 aromatic rings. The van der Waals surface area contributed by atoms with E-state index in [0.29, 0.717) is 25.5 Å². The maximum absolute atomic E-state index is 11.9. The summed E-state index contributed by atoms with van der Waals surface area (Å²) < 4.78 is 16.0. The summed E-state index contributed by atoms with van der Waals surface area (Å²) in [6, 6.07) is 7.40. The number of benzene rings is 1. The van der Waals surface area contributed by atoms with Gasteiger partial charge in [0, 0.05) is 5.56 Å². The van der Waals surface area contributed by atoms with E-state index in [1.807, 2.05) is 38.1 Å². The van der Waals surface area contributed by atoms with E-state index in [9.17, 15) is 4.79 Å². The van der Waals surface area contributed by atoms with Crippen LogP contribution >= 0.6 is 0 Å². The molecule has 6 heteroatoms. The molecule has 1 aromatic carbocycles. The second-order valence-electron chi connectivity index (χ2n) is 5.08. The average Bonchev–Trinajstić information content (AvgIpc) is 2.85. The van der Waals surface area contributed by atoms with Gasteiger partial charge in [0.25, 0.3) is 0 Å². The fourth-order valence-electron chi connectivity index (χ4n) is 2.14. The highest BCUT2D eigenvalue weighted by Gasteiger charge is 2.12. The topological polar surface area (TPSA) is 73.6 Å². The summed E-state index contributed by atoms with van der Waals surface area (Å²) >= 11 is 0. The third-order valence-electron chi connectivity index (χ3n) is 3.35. The zero-order chi connectivity index (χ0) is 16.7. The summed E-state index contributed by atoms with van der Waals surface area (Å²) in [7, 11) is 0. The van der Waals surface area contributed by atoms with Gasteiger partial charge in [-0.05, 0) is 45.0 Å². The van der Waals surface area contributed by atoms with Gasteiger partial charge in [-0.1, -0.05) is 5.16 Å². The van der Waals surface area contributed by atoms with Crippen molar-refractivity contribution < 1.29 is 18.8 Å². The van der Waals surface area contributed by atoms with E-state index >= 15 is 0 Å². The Labute approximate surface area is 135 Å². The van der Waals surface area contributed by atoms with Crippen LogP contribution in [0.5, 0.6) is 11.5 Å². The molecule has 0 aliphatic carbocycles. The van der Waals surface area contributed by atoms with E-state index in [4.69, 9.17) is 14.0 Å². The van der Waals surface area contributed by atoms with Gasteiger partial charge in [-0.2, -0.15) is 0 Å². The van der Waals surface area contributed by atoms with Gasteiger partial charge in [0.1, 0.15) is 23.9 Å². The summed E-state index contributed by atoms with van der Waals surface area (Å²) in [5, 5.41) is 6.65. The third kappa shape index (κ3) is 5.02. The standard InChI is InChI=1S/C17H22N2O4/c1-4-21-14-5-7-15(8-6-14)22-10-9-18-17(20)11-16-12(2)19-23-13(16)3/h5-8H,4,9-11H2,1-3H3,(H,18,20). The number of aromatic nitrogens is 1. The Morgan fingerprint density at radius 2 is 1.83 bits per heavy atom. The predicted octanol–water partition coefficient (Wildman–Crippen LogP) is 2.43. The van der Waals surface area contributed by atoms with Crippen LogP contribution in [0.4, 0.5) is 0 Å². The smallest absolute Gasteiger partial charge is 0.224 e. The summed E-state index contributed by atoms with van der Waals surface area (Å²) in [5.74, 6) is 2.17. The SMILES string of the molecule is CCOc1ccc(OCCNC(=O)Cc2c(C)noc2C)cc1. The molecule has 0 aliphatic heterocycles. The van der Waals surface area contributed by atoms with Gasteiger partial charge >= 0.3 is 0 Å². The van der Waals surface area contributed by atoms with Crippen molar-refractivity contribution in [1.29, 1.82) is 0 Å². The van der Waals surface area contributed by atoms with E-state index in [1.165, 1.54) is 0 Å². The minimum Gasteiger partial charge on any atom is -0.494 e. The van der Waals surface area contributed by atoms with E-state index in [0.717, 1.165) is 22.8 Å². The molecule has 0 saturated carbocycles. The Morgan fingerprint density at radius 1 is 1.17 bits per heavy atom. The van der Waals surface area contributed by atoms with E-state index in [1.54, 1.807) is 6.92 Å². The van der Waals surface area contributed by atoms with Crippen molar-refractivity contribution in [2.24, 2.45) is 0 Å². The molecule has 1 N–H and O–H groups in total. The number of hydrogen-bond acceptors (Lipinski definition) is 5. The lowest BCUT2D eigenvalue weighted by atomic mass is 10.1. The summed E-state index contributed by atoms with van der Waals surface area (Å²) in [4.78, 5) is 11.9. The molecule has 23 heavy (non-hydrogen) atoms. The number of rotatable bonds is 8. The van der Waals surface area contributed by atoms with Crippen molar-refractivity contribution in [2.75, 3.05) is 19.8 Å². The minimum absolute atomic E-state index is 0.0744. The zero-order valence-corrected chi connectivity index (χ0v) is 13.7. The van der Waals surface area contributed by atoms with Crippen molar-refractivity contribution in [3.8, 4) is 11.5 Å². The molecular weight excluding hydrogens is 296 g/mol. The molecule has 1 amide bonds. The first-order valence-electron chi connectivity index (χ1n) is 7.64. The summed E-state index contributed by atoms with van der Waals surface area (Å²) in [6.07, 6.45) is 0.268. The number of nitrogens with one attached hydrogen (secondary N) is 1. The zero-order valence-electron chi connectivity index (χ0n) is 13.7. The number of nitrogens with zero attached hydrogens (tertiary/aromatic N) is 1. The molecule has 6 nitrogen and oxygen atoms in total. The Morgan fingerprint density at radius 3 is 2.39 bits per heavy atom. The van der Waals surface area contributed by atoms with Gasteiger partial charge in [-0.3, -0.25) is 4.79 Å². The number of amides is 1. The lowest BCUT2D eigenvalue weighted by molar-refractivity contribution is -0.120. The average molecular weight is 318 g/mol. The molecule has 1 heterocycles. The molecular formula is C17H22N2O4. The second-order valence-corrected chi connectivity index (χ2v) is 5.08. The van der Waals surface area contributed by atoms with Crippen LogP contribution in [0.15, 0.2) is 28.8 Å². The van der Waals surface area contributed by atoms with Crippen molar-refractivity contribution in [1.82, 2.24) is 10.5 Å². The number of carbonyl (C=O) groups excluding carboxylic acids is 1. The highest BCUT2D eigenvalue weighted by molar-refractivity contribution is 5.78. The van der Waals surface area contributed by atoms with Crippen LogP contribution in [0.3, 0.4) is 0 Å². The Balaban J connectivity index is 1.69. The number of carbonyl (C=O) groups is 1. The van der Waals surface area contributed by atoms with Crippen molar-refractivity contribution in [2.45, 2.75) is 27.2 Å². The van der Waals surface area contributed by atoms with Crippen LogP contribution in [-0.2, 0) is 11.2 Å². The molecule has 0 fully saturated rings. The maximum Gasteiger partial charge on any atom is 0.224 e. The van der Waals surface area contributed by atoms with Gasteiger partial charge in [0.2, 0.25) is 5.91 Å². The van der Waals surface area contributed by atoms with E-state index in [2.05, 4.69) is 10.5 Å². The van der Waals surface area contributed by atoms with Crippen LogP contribution < -0.4 is 14.8 Å². The molecule has 124 valence electrons. The molecule has 2 rings (SSSR count). The largest absolute Gasteiger partial charge is 0.494 e. The Hall–Kier alpha value is -2.50. The molecule has 0 spiro atoms. The second kappa shape index (κ2) is 8.22. The third-order valence-corrected chi connectivity index (χ3v) is 3.35. The van der Waals surface area contributed by atoms with Gasteiger partial charge in [-0.15, -0.1) is 0 Å². The van der Waals surface area contributed by atoms with Gasteiger partial charge in [0.15, 0.2) is 0 Å². The molecule has 1 aromatic heterocycles. The normalized spacial score (nSPS) is 10.4. The van der Waals surface area contributed by atoms with Crippen LogP contribution in [0.2, 0.25) is 0 Å². The highest BCUT2D eigenvalue weighted by Crippen LogP contribution is 2.17. The van der Waals surface area contributed by atoms with Crippen molar-refractivity contribution >= 4 is 5.91 Å². The van der Waals surface area contributed by atoms with Gasteiger partial charge < -0.3 is 19.3 Å². The van der Waals surface area contributed by atoms with Crippen LogP contribution in [0.25, 0.3) is 0 Å². The minimum atomic E-state index is -0.0744. The van der Waals surface area contributed by atoms with E-state index in [-0.39, 0.29) is 12.3 Å². The van der Waals surface area contributed by atoms with Crippen molar-refractivity contribution in [3.05, 3.63) is 41.3 Å². The Bertz CT molecular complexity index is 615. The maximum atomic E-state index is 11.9.